The fourth-order valence-electron chi connectivity index (χ4n) is 4.06. The molecule has 1 atom stereocenters. The molecule has 1 aliphatic carbocycles. The number of carbonyl (C=O) groups excluding carboxylic acids is 1. The van der Waals surface area contributed by atoms with Crippen LogP contribution in [0.5, 0.6) is 0 Å². The predicted octanol–water partition coefficient (Wildman–Crippen LogP) is 5.07. The topological polar surface area (TPSA) is 63.2 Å². The summed E-state index contributed by atoms with van der Waals surface area (Å²) in [6, 6.07) is 13.1. The maximum atomic E-state index is 12.6. The van der Waals surface area contributed by atoms with Crippen LogP contribution in [0, 0.1) is 6.92 Å². The molecule has 0 heterocycles. The Labute approximate surface area is 168 Å². The van der Waals surface area contributed by atoms with Gasteiger partial charge in [0.15, 0.2) is 0 Å². The molecular formula is C23H29NO3S. The summed E-state index contributed by atoms with van der Waals surface area (Å²) < 4.78 is 28.0. The van der Waals surface area contributed by atoms with Gasteiger partial charge in [0.2, 0.25) is 10.0 Å². The van der Waals surface area contributed by atoms with Gasteiger partial charge in [0, 0.05) is 18.0 Å². The lowest BCUT2D eigenvalue weighted by Crippen LogP contribution is -2.33. The second-order valence-electron chi connectivity index (χ2n) is 8.52. The third-order valence-corrected chi connectivity index (χ3v) is 6.75. The normalized spacial score (nSPS) is 18.6. The molecule has 0 saturated heterocycles. The minimum Gasteiger partial charge on any atom is -0.299 e. The van der Waals surface area contributed by atoms with Crippen LogP contribution in [0.1, 0.15) is 68.2 Å². The number of carbonyl (C=O) groups is 1. The van der Waals surface area contributed by atoms with Crippen LogP contribution in [0.3, 0.4) is 0 Å². The van der Waals surface area contributed by atoms with E-state index in [9.17, 15) is 13.2 Å². The number of nitrogens with one attached hydrogen (secondary N) is 1. The van der Waals surface area contributed by atoms with E-state index in [0.717, 1.165) is 35.1 Å². The summed E-state index contributed by atoms with van der Waals surface area (Å²) in [6.07, 6.45) is 2.27. The van der Waals surface area contributed by atoms with Gasteiger partial charge in [-0.05, 0) is 47.6 Å². The second kappa shape index (κ2) is 7.70. The summed E-state index contributed by atoms with van der Waals surface area (Å²) in [5.74, 6) is 0.142. The summed E-state index contributed by atoms with van der Waals surface area (Å²) >= 11 is 0. The molecule has 28 heavy (non-hydrogen) atoms. The van der Waals surface area contributed by atoms with Gasteiger partial charge in [-0.3, -0.25) is 9.52 Å². The zero-order valence-corrected chi connectivity index (χ0v) is 17.9. The van der Waals surface area contributed by atoms with E-state index in [2.05, 4.69) is 25.5 Å². The molecule has 4 nitrogen and oxygen atoms in total. The van der Waals surface area contributed by atoms with E-state index in [-0.39, 0.29) is 22.9 Å². The zero-order valence-electron chi connectivity index (χ0n) is 17.1. The Kier molecular flexibility index (Phi) is 5.67. The highest BCUT2D eigenvalue weighted by atomic mass is 32.2. The van der Waals surface area contributed by atoms with Gasteiger partial charge in [-0.1, -0.05) is 63.1 Å². The van der Waals surface area contributed by atoms with E-state index in [1.807, 2.05) is 43.3 Å². The van der Waals surface area contributed by atoms with Crippen molar-refractivity contribution in [1.82, 2.24) is 0 Å². The van der Waals surface area contributed by atoms with Crippen molar-refractivity contribution in [2.24, 2.45) is 0 Å². The van der Waals surface area contributed by atoms with Gasteiger partial charge in [0.25, 0.3) is 0 Å². The van der Waals surface area contributed by atoms with Crippen molar-refractivity contribution >= 4 is 21.5 Å². The maximum absolute atomic E-state index is 12.6. The Morgan fingerprint density at radius 3 is 2.43 bits per heavy atom. The first-order chi connectivity index (χ1) is 13.1. The van der Waals surface area contributed by atoms with E-state index in [1.54, 1.807) is 6.07 Å². The van der Waals surface area contributed by atoms with Crippen LogP contribution < -0.4 is 4.72 Å². The number of Topliss-reactive ketones (excluding diaryl/α,β-unsaturated/α-hetero) is 1. The number of aryl methyl sites for hydroxylation is 1. The predicted molar refractivity (Wildman–Crippen MR) is 114 cm³/mol. The molecule has 1 unspecified atom stereocenters. The van der Waals surface area contributed by atoms with Crippen LogP contribution in [0.15, 0.2) is 42.5 Å². The first-order valence-electron chi connectivity index (χ1n) is 9.84. The smallest absolute Gasteiger partial charge is 0.236 e. The average molecular weight is 400 g/mol. The molecule has 1 aliphatic rings. The summed E-state index contributed by atoms with van der Waals surface area (Å²) in [7, 11) is -3.52. The number of sulfonamides is 1. The van der Waals surface area contributed by atoms with Crippen LogP contribution in [-0.4, -0.2) is 14.2 Å². The molecule has 0 fully saturated rings. The summed E-state index contributed by atoms with van der Waals surface area (Å²) in [6.45, 7) is 8.16. The van der Waals surface area contributed by atoms with Crippen LogP contribution in [0.25, 0.3) is 0 Å². The molecule has 0 amide bonds. The number of fused-ring (bicyclic) bond motifs is 1. The fraction of sp³-hybridized carbons (Fsp3) is 0.435. The molecule has 0 aliphatic heterocycles. The minimum atomic E-state index is -3.52. The highest BCUT2D eigenvalue weighted by Gasteiger charge is 2.37. The Morgan fingerprint density at radius 2 is 1.79 bits per heavy atom. The third-order valence-electron chi connectivity index (χ3n) is 5.49. The Bertz CT molecular complexity index is 975. The number of benzene rings is 2. The molecular weight excluding hydrogens is 370 g/mol. The number of hydrogen-bond donors (Lipinski definition) is 1. The maximum Gasteiger partial charge on any atom is 0.236 e. The van der Waals surface area contributed by atoms with Crippen molar-refractivity contribution in [3.63, 3.8) is 0 Å². The van der Waals surface area contributed by atoms with Crippen molar-refractivity contribution in [2.45, 2.75) is 64.0 Å². The lowest BCUT2D eigenvalue weighted by atomic mass is 9.67. The summed E-state index contributed by atoms with van der Waals surface area (Å²) in [4.78, 5) is 12.6. The highest BCUT2D eigenvalue weighted by molar-refractivity contribution is 7.91. The third kappa shape index (κ3) is 4.46. The van der Waals surface area contributed by atoms with Gasteiger partial charge in [-0.15, -0.1) is 0 Å². The lowest BCUT2D eigenvalue weighted by Gasteiger charge is -2.36. The minimum absolute atomic E-state index is 0.0648. The fourth-order valence-corrected chi connectivity index (χ4v) is 5.25. The summed E-state index contributed by atoms with van der Waals surface area (Å²) in [5, 5.41) is 0. The molecule has 1 N–H and O–H groups in total. The van der Waals surface area contributed by atoms with E-state index in [1.165, 1.54) is 0 Å². The van der Waals surface area contributed by atoms with Crippen molar-refractivity contribution in [2.75, 3.05) is 4.72 Å². The van der Waals surface area contributed by atoms with Gasteiger partial charge in [0.1, 0.15) is 5.78 Å². The molecule has 2 aromatic rings. The molecule has 5 heteroatoms. The zero-order chi connectivity index (χ0) is 20.5. The van der Waals surface area contributed by atoms with E-state index in [0.29, 0.717) is 12.1 Å². The molecule has 150 valence electrons. The second-order valence-corrected chi connectivity index (χ2v) is 10.2. The Balaban J connectivity index is 1.88. The molecule has 0 radical (unpaired) electrons. The lowest BCUT2D eigenvalue weighted by molar-refractivity contribution is -0.122. The number of hydrogen-bond acceptors (Lipinski definition) is 3. The van der Waals surface area contributed by atoms with Crippen LogP contribution in [0.2, 0.25) is 0 Å². The largest absolute Gasteiger partial charge is 0.299 e. The van der Waals surface area contributed by atoms with Crippen molar-refractivity contribution in [1.29, 1.82) is 0 Å². The average Bonchev–Trinajstić information content (AvgIpc) is 2.60. The summed E-state index contributed by atoms with van der Waals surface area (Å²) in [5.41, 5.74) is 4.23. The molecule has 0 saturated carbocycles. The van der Waals surface area contributed by atoms with Crippen LogP contribution in [-0.2, 0) is 26.0 Å². The first-order valence-corrected chi connectivity index (χ1v) is 11.5. The van der Waals surface area contributed by atoms with Gasteiger partial charge < -0.3 is 0 Å². The number of anilines is 1. The number of rotatable bonds is 6. The Morgan fingerprint density at radius 1 is 1.11 bits per heavy atom. The van der Waals surface area contributed by atoms with Gasteiger partial charge in [-0.25, -0.2) is 8.42 Å². The van der Waals surface area contributed by atoms with E-state index >= 15 is 0 Å². The molecule has 2 aromatic carbocycles. The number of ketones is 1. The van der Waals surface area contributed by atoms with E-state index < -0.39 is 10.0 Å². The van der Waals surface area contributed by atoms with Gasteiger partial charge in [-0.2, -0.15) is 0 Å². The van der Waals surface area contributed by atoms with Crippen molar-refractivity contribution in [3.05, 3.63) is 64.7 Å². The van der Waals surface area contributed by atoms with Crippen LogP contribution >= 0.6 is 0 Å². The van der Waals surface area contributed by atoms with Gasteiger partial charge >= 0.3 is 0 Å². The molecule has 0 spiro atoms. The van der Waals surface area contributed by atoms with Crippen molar-refractivity contribution in [3.8, 4) is 0 Å². The SMILES string of the molecule is CCCC1C(=O)CC(C)(C)c2cc(NS(=O)(=O)Cc3ccc(C)cc3)ccc21. The standard InChI is InChI=1S/C23H29NO3S/c1-5-6-20-19-12-11-18(13-21(19)23(3,4)14-22(20)25)24-28(26,27)15-17-9-7-16(2)8-10-17/h7-13,20,24H,5-6,14-15H2,1-4H3. The monoisotopic (exact) mass is 399 g/mol. The first kappa shape index (κ1) is 20.6. The highest BCUT2D eigenvalue weighted by Crippen LogP contribution is 2.43. The molecule has 3 rings (SSSR count). The van der Waals surface area contributed by atoms with Crippen LogP contribution in [0.4, 0.5) is 5.69 Å². The molecule has 0 bridgehead atoms. The Hall–Kier alpha value is -2.14. The van der Waals surface area contributed by atoms with E-state index in [4.69, 9.17) is 0 Å². The van der Waals surface area contributed by atoms with Gasteiger partial charge in [0.05, 0.1) is 5.75 Å². The quantitative estimate of drug-likeness (QED) is 0.737. The van der Waals surface area contributed by atoms with Crippen molar-refractivity contribution < 1.29 is 13.2 Å². The molecule has 0 aromatic heterocycles.